The molecule has 0 radical (unpaired) electrons. The Labute approximate surface area is 160 Å². The van der Waals surface area contributed by atoms with Crippen molar-refractivity contribution in [1.82, 2.24) is 0 Å². The number of carbonyl (C=O) groups is 2. The maximum absolute atomic E-state index is 12.1. The predicted molar refractivity (Wildman–Crippen MR) is 108 cm³/mol. The average molecular weight is 363 g/mol. The smallest absolute Gasteiger partial charge is 0.306 e. The molecule has 148 valence electrons. The fourth-order valence-electron chi connectivity index (χ4n) is 3.48. The van der Waals surface area contributed by atoms with Crippen molar-refractivity contribution < 1.29 is 14.3 Å². The zero-order chi connectivity index (χ0) is 19.2. The minimum atomic E-state index is -0.122. The highest BCUT2D eigenvalue weighted by molar-refractivity contribution is 5.83. The number of esters is 1. The Balaban J connectivity index is 2.24. The summed E-state index contributed by atoms with van der Waals surface area (Å²) >= 11 is 0. The first-order valence-electron chi connectivity index (χ1n) is 10.6. The molecule has 1 aliphatic carbocycles. The lowest BCUT2D eigenvalue weighted by atomic mass is 9.91. The molecule has 1 saturated carbocycles. The summed E-state index contributed by atoms with van der Waals surface area (Å²) in [6.07, 6.45) is 19.8. The van der Waals surface area contributed by atoms with E-state index in [0.717, 1.165) is 38.5 Å². The van der Waals surface area contributed by atoms with E-state index in [-0.39, 0.29) is 18.0 Å². The van der Waals surface area contributed by atoms with Crippen LogP contribution in [0.1, 0.15) is 91.4 Å². The molecule has 0 unspecified atom stereocenters. The van der Waals surface area contributed by atoms with Crippen LogP contribution in [-0.2, 0) is 14.3 Å². The van der Waals surface area contributed by atoms with E-state index in [4.69, 9.17) is 4.74 Å². The van der Waals surface area contributed by atoms with Crippen LogP contribution in [0.5, 0.6) is 0 Å². The monoisotopic (exact) mass is 362 g/mol. The van der Waals surface area contributed by atoms with Crippen LogP contribution < -0.4 is 0 Å². The minimum absolute atomic E-state index is 0.0388. The molecule has 0 bridgehead atoms. The highest BCUT2D eigenvalue weighted by Gasteiger charge is 2.31. The normalized spacial score (nSPS) is 20.7. The van der Waals surface area contributed by atoms with Crippen LogP contribution in [0.4, 0.5) is 0 Å². The van der Waals surface area contributed by atoms with Gasteiger partial charge in [0.05, 0.1) is 6.10 Å². The summed E-state index contributed by atoms with van der Waals surface area (Å²) in [5, 5.41) is 0. The summed E-state index contributed by atoms with van der Waals surface area (Å²) in [7, 11) is 0. The first-order valence-corrected chi connectivity index (χ1v) is 10.6. The fraction of sp³-hybridized carbons (Fsp3) is 0.739. The number of rotatable bonds is 13. The Morgan fingerprint density at radius 1 is 1.12 bits per heavy atom. The third-order valence-corrected chi connectivity index (χ3v) is 4.94. The number of ether oxygens (including phenoxy) is 1. The van der Waals surface area contributed by atoms with E-state index in [1.807, 2.05) is 13.8 Å². The van der Waals surface area contributed by atoms with Crippen LogP contribution in [0.15, 0.2) is 24.3 Å². The maximum Gasteiger partial charge on any atom is 0.306 e. The number of ketones is 1. The molecule has 1 rings (SSSR count). The molecule has 0 aromatic heterocycles. The van der Waals surface area contributed by atoms with Gasteiger partial charge in [-0.25, -0.2) is 0 Å². The maximum atomic E-state index is 12.1. The van der Waals surface area contributed by atoms with Crippen molar-refractivity contribution in [3.63, 3.8) is 0 Å². The van der Waals surface area contributed by atoms with Crippen LogP contribution in [0.3, 0.4) is 0 Å². The van der Waals surface area contributed by atoms with Crippen LogP contribution in [-0.4, -0.2) is 17.9 Å². The van der Waals surface area contributed by atoms with Crippen LogP contribution in [0.2, 0.25) is 0 Å². The van der Waals surface area contributed by atoms with Crippen molar-refractivity contribution >= 4 is 11.8 Å². The molecular formula is C23H38O3. The van der Waals surface area contributed by atoms with Crippen molar-refractivity contribution in [2.45, 2.75) is 97.5 Å². The number of hydrogen-bond acceptors (Lipinski definition) is 3. The molecule has 0 aromatic rings. The lowest BCUT2D eigenvalue weighted by Crippen LogP contribution is -2.12. The highest BCUT2D eigenvalue weighted by Crippen LogP contribution is 2.33. The molecule has 0 amide bonds. The van der Waals surface area contributed by atoms with Crippen LogP contribution >= 0.6 is 0 Å². The number of hydrogen-bond donors (Lipinski definition) is 0. The Morgan fingerprint density at radius 3 is 2.62 bits per heavy atom. The highest BCUT2D eigenvalue weighted by atomic mass is 16.5. The minimum Gasteiger partial charge on any atom is -0.463 e. The third kappa shape index (κ3) is 9.94. The van der Waals surface area contributed by atoms with E-state index in [1.165, 1.54) is 25.7 Å². The van der Waals surface area contributed by atoms with Gasteiger partial charge in [0.1, 0.15) is 5.78 Å². The van der Waals surface area contributed by atoms with Gasteiger partial charge in [0, 0.05) is 18.8 Å². The number of unbranched alkanes of at least 4 members (excludes halogenated alkanes) is 5. The van der Waals surface area contributed by atoms with Gasteiger partial charge in [0.25, 0.3) is 0 Å². The molecule has 0 aliphatic heterocycles. The summed E-state index contributed by atoms with van der Waals surface area (Å²) in [4.78, 5) is 23.6. The van der Waals surface area contributed by atoms with Crippen molar-refractivity contribution in [3.8, 4) is 0 Å². The van der Waals surface area contributed by atoms with Gasteiger partial charge in [-0.2, -0.15) is 0 Å². The lowest BCUT2D eigenvalue weighted by molar-refractivity contribution is -0.147. The SMILES string of the molecule is CCCCCC/C=C/[C@H]1CCC(=O)[C@@H]1C/C=C\CCCC(=O)OC(C)C. The molecular weight excluding hydrogens is 324 g/mol. The summed E-state index contributed by atoms with van der Waals surface area (Å²) in [6.45, 7) is 5.97. The average Bonchev–Trinajstić information content (AvgIpc) is 2.93. The molecule has 1 fully saturated rings. The number of allylic oxidation sites excluding steroid dienone is 4. The van der Waals surface area contributed by atoms with Gasteiger partial charge in [-0.3, -0.25) is 9.59 Å². The zero-order valence-electron chi connectivity index (χ0n) is 17.0. The first-order chi connectivity index (χ1) is 12.5. The van der Waals surface area contributed by atoms with E-state index in [1.54, 1.807) is 0 Å². The second-order valence-corrected chi connectivity index (χ2v) is 7.69. The van der Waals surface area contributed by atoms with Gasteiger partial charge >= 0.3 is 5.97 Å². The first kappa shape index (κ1) is 22.7. The van der Waals surface area contributed by atoms with E-state index in [0.29, 0.717) is 18.1 Å². The van der Waals surface area contributed by atoms with Gasteiger partial charge in [-0.05, 0) is 58.3 Å². The molecule has 1 aliphatic rings. The molecule has 0 heterocycles. The Morgan fingerprint density at radius 2 is 1.88 bits per heavy atom. The third-order valence-electron chi connectivity index (χ3n) is 4.94. The fourth-order valence-corrected chi connectivity index (χ4v) is 3.48. The van der Waals surface area contributed by atoms with E-state index in [9.17, 15) is 9.59 Å². The topological polar surface area (TPSA) is 43.4 Å². The van der Waals surface area contributed by atoms with Gasteiger partial charge in [-0.1, -0.05) is 50.5 Å². The van der Waals surface area contributed by atoms with E-state index >= 15 is 0 Å². The Hall–Kier alpha value is -1.38. The summed E-state index contributed by atoms with van der Waals surface area (Å²) in [5.74, 6) is 0.864. The summed E-state index contributed by atoms with van der Waals surface area (Å²) in [5.41, 5.74) is 0. The largest absolute Gasteiger partial charge is 0.463 e. The van der Waals surface area contributed by atoms with Crippen molar-refractivity contribution in [2.75, 3.05) is 0 Å². The Bertz CT molecular complexity index is 462. The van der Waals surface area contributed by atoms with E-state index in [2.05, 4.69) is 31.2 Å². The van der Waals surface area contributed by atoms with Crippen molar-refractivity contribution in [2.24, 2.45) is 11.8 Å². The van der Waals surface area contributed by atoms with Crippen molar-refractivity contribution in [3.05, 3.63) is 24.3 Å². The van der Waals surface area contributed by atoms with Crippen LogP contribution in [0, 0.1) is 11.8 Å². The second kappa shape index (κ2) is 13.8. The van der Waals surface area contributed by atoms with Gasteiger partial charge < -0.3 is 4.74 Å². The number of carbonyl (C=O) groups excluding carboxylic acids is 2. The molecule has 3 heteroatoms. The molecule has 0 N–H and O–H groups in total. The Kier molecular flexibility index (Phi) is 12.0. The molecule has 3 nitrogen and oxygen atoms in total. The quantitative estimate of drug-likeness (QED) is 0.223. The molecule has 2 atom stereocenters. The van der Waals surface area contributed by atoms with Gasteiger partial charge in [0.2, 0.25) is 0 Å². The van der Waals surface area contributed by atoms with Crippen molar-refractivity contribution in [1.29, 1.82) is 0 Å². The number of Topliss-reactive ketones (excluding diaryl/α,β-unsaturated/α-hetero) is 1. The van der Waals surface area contributed by atoms with Gasteiger partial charge in [0.15, 0.2) is 0 Å². The van der Waals surface area contributed by atoms with Gasteiger partial charge in [-0.15, -0.1) is 0 Å². The molecule has 0 spiro atoms. The zero-order valence-corrected chi connectivity index (χ0v) is 17.0. The molecule has 0 saturated heterocycles. The standard InChI is InChI=1S/C23H38O3/c1-4-5-6-7-8-11-14-20-17-18-22(24)21(20)15-12-9-10-13-16-23(25)26-19(2)3/h9,11-12,14,19-21H,4-8,10,13,15-18H2,1-3H3/b12-9-,14-11+/t20-,21+/m0/s1. The molecule has 0 aromatic carbocycles. The summed E-state index contributed by atoms with van der Waals surface area (Å²) in [6, 6.07) is 0. The molecule has 26 heavy (non-hydrogen) atoms. The predicted octanol–water partition coefficient (Wildman–Crippen LogP) is 6.18. The summed E-state index contributed by atoms with van der Waals surface area (Å²) < 4.78 is 5.12. The van der Waals surface area contributed by atoms with E-state index < -0.39 is 0 Å². The lowest BCUT2D eigenvalue weighted by Gasteiger charge is -2.12. The van der Waals surface area contributed by atoms with Crippen LogP contribution in [0.25, 0.3) is 0 Å². The second-order valence-electron chi connectivity index (χ2n) is 7.69.